The molecule has 7 heteroatoms. The number of thiophene rings is 1. The lowest BCUT2D eigenvalue weighted by atomic mass is 9.97. The molecule has 0 spiro atoms. The van der Waals surface area contributed by atoms with E-state index in [-0.39, 0.29) is 17.8 Å². The molecule has 144 valence electrons. The van der Waals surface area contributed by atoms with Gasteiger partial charge in [0.15, 0.2) is 0 Å². The summed E-state index contributed by atoms with van der Waals surface area (Å²) in [4.78, 5) is 29.7. The van der Waals surface area contributed by atoms with Gasteiger partial charge >= 0.3 is 5.97 Å². The Labute approximate surface area is 172 Å². The average Bonchev–Trinajstić information content (AvgIpc) is 3.20. The van der Waals surface area contributed by atoms with Crippen molar-refractivity contribution in [1.29, 1.82) is 0 Å². The van der Waals surface area contributed by atoms with E-state index in [9.17, 15) is 9.59 Å². The highest BCUT2D eigenvalue weighted by atomic mass is 79.9. The highest BCUT2D eigenvalue weighted by molar-refractivity contribution is 9.10. The van der Waals surface area contributed by atoms with E-state index >= 15 is 0 Å². The van der Waals surface area contributed by atoms with Crippen LogP contribution in [0.4, 0.5) is 5.69 Å². The van der Waals surface area contributed by atoms with Gasteiger partial charge in [0, 0.05) is 28.1 Å². The largest absolute Gasteiger partial charge is 0.469 e. The summed E-state index contributed by atoms with van der Waals surface area (Å²) in [6.07, 6.45) is 1.34. The number of likely N-dealkylation sites (tertiary alicyclic amines) is 1. The van der Waals surface area contributed by atoms with Crippen LogP contribution in [0.3, 0.4) is 0 Å². The van der Waals surface area contributed by atoms with Crippen molar-refractivity contribution in [3.63, 3.8) is 0 Å². The molecule has 0 radical (unpaired) electrons. The number of rotatable bonds is 6. The molecular formula is C20H23BrN2O3S. The van der Waals surface area contributed by atoms with Crippen molar-refractivity contribution in [2.45, 2.75) is 19.4 Å². The number of anilines is 1. The maximum atomic E-state index is 12.9. The van der Waals surface area contributed by atoms with Crippen LogP contribution in [0, 0.1) is 5.92 Å². The van der Waals surface area contributed by atoms with E-state index in [1.807, 2.05) is 35.2 Å². The van der Waals surface area contributed by atoms with Crippen molar-refractivity contribution in [3.8, 4) is 0 Å². The number of hydrogen-bond acceptors (Lipinski definition) is 5. The monoisotopic (exact) mass is 450 g/mol. The number of hydrogen-bond donors (Lipinski definition) is 0. The zero-order valence-electron chi connectivity index (χ0n) is 15.3. The molecule has 1 aromatic carbocycles. The molecule has 2 heterocycles. The molecule has 2 aromatic rings. The summed E-state index contributed by atoms with van der Waals surface area (Å²) < 4.78 is 5.84. The average molecular weight is 451 g/mol. The summed E-state index contributed by atoms with van der Waals surface area (Å²) in [5, 5.41) is 2.05. The number of amides is 1. The first kappa shape index (κ1) is 19.9. The van der Waals surface area contributed by atoms with Gasteiger partial charge in [0.25, 0.3) is 0 Å². The van der Waals surface area contributed by atoms with Crippen LogP contribution in [0.2, 0.25) is 0 Å². The highest BCUT2D eigenvalue weighted by Gasteiger charge is 2.28. The molecule has 0 bridgehead atoms. The first-order valence-corrected chi connectivity index (χ1v) is 10.6. The zero-order valence-corrected chi connectivity index (χ0v) is 17.7. The van der Waals surface area contributed by atoms with Crippen molar-refractivity contribution in [3.05, 3.63) is 51.1 Å². The number of esters is 1. The maximum absolute atomic E-state index is 12.9. The van der Waals surface area contributed by atoms with Gasteiger partial charge in [-0.3, -0.25) is 9.59 Å². The SMILES string of the molecule is COC(=O)C1CCN(C(=O)CN(Cc2cccs2)c2ccc(Br)cc2)CC1. The summed E-state index contributed by atoms with van der Waals surface area (Å²) in [7, 11) is 1.42. The number of piperidine rings is 1. The van der Waals surface area contributed by atoms with E-state index in [4.69, 9.17) is 4.74 Å². The van der Waals surface area contributed by atoms with Crippen molar-refractivity contribution >= 4 is 44.8 Å². The number of carbonyl (C=O) groups excluding carboxylic acids is 2. The van der Waals surface area contributed by atoms with Gasteiger partial charge in [0.1, 0.15) is 0 Å². The summed E-state index contributed by atoms with van der Waals surface area (Å²) in [6.45, 7) is 2.23. The van der Waals surface area contributed by atoms with Crippen molar-refractivity contribution < 1.29 is 14.3 Å². The molecule has 1 fully saturated rings. The second-order valence-electron chi connectivity index (χ2n) is 6.59. The number of carbonyl (C=O) groups is 2. The third-order valence-corrected chi connectivity index (χ3v) is 6.22. The lowest BCUT2D eigenvalue weighted by Gasteiger charge is -2.33. The standard InChI is InChI=1S/C20H23BrN2O3S/c1-26-20(25)15-8-10-22(11-9-15)19(24)14-23(13-18-3-2-12-27-18)17-6-4-16(21)5-7-17/h2-7,12,15H,8-11,13-14H2,1H3. The van der Waals surface area contributed by atoms with Crippen molar-refractivity contribution in [2.75, 3.05) is 31.6 Å². The summed E-state index contributed by atoms with van der Waals surface area (Å²) in [6, 6.07) is 12.1. The molecule has 0 unspecified atom stereocenters. The minimum absolute atomic E-state index is 0.0901. The molecule has 1 saturated heterocycles. The fourth-order valence-electron chi connectivity index (χ4n) is 3.28. The number of ether oxygens (including phenoxy) is 1. The Balaban J connectivity index is 1.65. The van der Waals surface area contributed by atoms with Crippen LogP contribution in [0.5, 0.6) is 0 Å². The van der Waals surface area contributed by atoms with Gasteiger partial charge in [0.2, 0.25) is 5.91 Å². The maximum Gasteiger partial charge on any atom is 0.308 e. The molecule has 3 rings (SSSR count). The number of benzene rings is 1. The van der Waals surface area contributed by atoms with Gasteiger partial charge < -0.3 is 14.5 Å². The molecule has 27 heavy (non-hydrogen) atoms. The lowest BCUT2D eigenvalue weighted by Crippen LogP contribution is -2.45. The zero-order chi connectivity index (χ0) is 19.2. The molecule has 0 aliphatic carbocycles. The van der Waals surface area contributed by atoms with Crippen LogP contribution in [-0.2, 0) is 20.9 Å². The molecule has 0 N–H and O–H groups in total. The summed E-state index contributed by atoms with van der Waals surface area (Å²) in [5.74, 6) is -0.165. The van der Waals surface area contributed by atoms with Crippen molar-refractivity contribution in [2.24, 2.45) is 5.92 Å². The Morgan fingerprint density at radius 2 is 1.93 bits per heavy atom. The third-order valence-electron chi connectivity index (χ3n) is 4.83. The Hall–Kier alpha value is -1.86. The van der Waals surface area contributed by atoms with Crippen LogP contribution in [0.15, 0.2) is 46.3 Å². The van der Waals surface area contributed by atoms with Gasteiger partial charge in [-0.25, -0.2) is 0 Å². The van der Waals surface area contributed by atoms with Crippen molar-refractivity contribution in [1.82, 2.24) is 4.90 Å². The highest BCUT2D eigenvalue weighted by Crippen LogP contribution is 2.23. The van der Waals surface area contributed by atoms with Gasteiger partial charge in [-0.2, -0.15) is 0 Å². The number of methoxy groups -OCH3 is 1. The van der Waals surface area contributed by atoms with Crippen LogP contribution >= 0.6 is 27.3 Å². The molecular weight excluding hydrogens is 428 g/mol. The minimum Gasteiger partial charge on any atom is -0.469 e. The second-order valence-corrected chi connectivity index (χ2v) is 8.54. The Bertz CT molecular complexity index is 756. The number of nitrogens with zero attached hydrogens (tertiary/aromatic N) is 2. The Kier molecular flexibility index (Phi) is 6.90. The molecule has 0 saturated carbocycles. The first-order valence-electron chi connectivity index (χ1n) is 8.95. The predicted molar refractivity (Wildman–Crippen MR) is 111 cm³/mol. The van der Waals surface area contributed by atoms with E-state index in [2.05, 4.69) is 32.3 Å². The fraction of sp³-hybridized carbons (Fsp3) is 0.400. The van der Waals surface area contributed by atoms with Crippen LogP contribution < -0.4 is 4.90 Å². The predicted octanol–water partition coefficient (Wildman–Crippen LogP) is 3.93. The van der Waals surface area contributed by atoms with E-state index in [0.717, 1.165) is 10.2 Å². The smallest absolute Gasteiger partial charge is 0.308 e. The molecule has 5 nitrogen and oxygen atoms in total. The van der Waals surface area contributed by atoms with Crippen LogP contribution in [-0.4, -0.2) is 43.5 Å². The van der Waals surface area contributed by atoms with E-state index in [0.29, 0.717) is 39.0 Å². The minimum atomic E-state index is -0.170. The lowest BCUT2D eigenvalue weighted by molar-refractivity contribution is -0.148. The Morgan fingerprint density at radius 1 is 1.22 bits per heavy atom. The first-order chi connectivity index (χ1) is 13.1. The van der Waals surface area contributed by atoms with Gasteiger partial charge in [-0.05, 0) is 48.6 Å². The third kappa shape index (κ3) is 5.32. The second kappa shape index (κ2) is 9.37. The molecule has 1 aliphatic rings. The van der Waals surface area contributed by atoms with E-state index < -0.39 is 0 Å². The molecule has 1 amide bonds. The van der Waals surface area contributed by atoms with Gasteiger partial charge in [0.05, 0.1) is 26.1 Å². The summed E-state index contributed by atoms with van der Waals surface area (Å²) >= 11 is 5.15. The van der Waals surface area contributed by atoms with Gasteiger partial charge in [-0.1, -0.05) is 22.0 Å². The Morgan fingerprint density at radius 3 is 2.52 bits per heavy atom. The summed E-state index contributed by atoms with van der Waals surface area (Å²) in [5.41, 5.74) is 1.02. The van der Waals surface area contributed by atoms with E-state index in [1.165, 1.54) is 12.0 Å². The molecule has 1 aliphatic heterocycles. The van der Waals surface area contributed by atoms with Gasteiger partial charge in [-0.15, -0.1) is 11.3 Å². The molecule has 1 aromatic heterocycles. The van der Waals surface area contributed by atoms with Crippen LogP contribution in [0.25, 0.3) is 0 Å². The number of halogens is 1. The normalized spacial score (nSPS) is 14.8. The van der Waals surface area contributed by atoms with E-state index in [1.54, 1.807) is 11.3 Å². The van der Waals surface area contributed by atoms with Crippen LogP contribution in [0.1, 0.15) is 17.7 Å². The topological polar surface area (TPSA) is 49.9 Å². The quantitative estimate of drug-likeness (QED) is 0.625. The molecule has 0 atom stereocenters. The fourth-order valence-corrected chi connectivity index (χ4v) is 4.26.